The molecule has 1 heterocycles. The maximum Gasteiger partial charge on any atom is 0.193 e. The Morgan fingerprint density at radius 2 is 1.90 bits per heavy atom. The van der Waals surface area contributed by atoms with Crippen molar-refractivity contribution in [1.29, 1.82) is 0 Å². The smallest absolute Gasteiger partial charge is 0.193 e. The van der Waals surface area contributed by atoms with E-state index >= 15 is 0 Å². The molecular weight excluding hydrogens is 250 g/mol. The molecule has 1 saturated heterocycles. The van der Waals surface area contributed by atoms with Crippen molar-refractivity contribution in [3.63, 3.8) is 0 Å². The molecule has 0 bridgehead atoms. The number of hydrogen-bond donors (Lipinski definition) is 1. The van der Waals surface area contributed by atoms with E-state index in [1.165, 1.54) is 44.9 Å². The average molecular weight is 281 g/mol. The van der Waals surface area contributed by atoms with Crippen molar-refractivity contribution in [2.24, 2.45) is 4.99 Å². The van der Waals surface area contributed by atoms with Gasteiger partial charge in [0.05, 0.1) is 6.10 Å². The van der Waals surface area contributed by atoms with Crippen LogP contribution < -0.4 is 5.32 Å². The lowest BCUT2D eigenvalue weighted by Gasteiger charge is -2.22. The van der Waals surface area contributed by atoms with Crippen LogP contribution in [0.3, 0.4) is 0 Å². The van der Waals surface area contributed by atoms with Crippen LogP contribution in [0.15, 0.2) is 4.99 Å². The summed E-state index contributed by atoms with van der Waals surface area (Å²) in [5.74, 6) is 1.10. The number of nitrogens with one attached hydrogen (secondary N) is 1. The van der Waals surface area contributed by atoms with E-state index in [0.717, 1.165) is 45.2 Å². The first-order chi connectivity index (χ1) is 9.90. The van der Waals surface area contributed by atoms with Crippen molar-refractivity contribution >= 4 is 5.96 Å². The van der Waals surface area contributed by atoms with E-state index in [0.29, 0.717) is 6.10 Å². The zero-order chi connectivity index (χ0) is 14.0. The van der Waals surface area contributed by atoms with Crippen LogP contribution in [0.5, 0.6) is 0 Å². The van der Waals surface area contributed by atoms with Gasteiger partial charge in [0.1, 0.15) is 0 Å². The van der Waals surface area contributed by atoms with Crippen molar-refractivity contribution in [3.05, 3.63) is 0 Å². The number of ether oxygens (including phenoxy) is 1. The van der Waals surface area contributed by atoms with Crippen molar-refractivity contribution < 1.29 is 4.74 Å². The molecule has 0 aromatic heterocycles. The lowest BCUT2D eigenvalue weighted by atomic mass is 9.98. The number of rotatable bonds is 6. The monoisotopic (exact) mass is 281 g/mol. The molecule has 4 nitrogen and oxygen atoms in total. The van der Waals surface area contributed by atoms with E-state index in [2.05, 4.69) is 17.1 Å². The number of guanidine groups is 1. The molecule has 0 aromatic rings. The molecule has 1 N–H and O–H groups in total. The number of aliphatic imine (C=N–C) groups is 1. The Morgan fingerprint density at radius 3 is 2.60 bits per heavy atom. The van der Waals surface area contributed by atoms with E-state index < -0.39 is 0 Å². The van der Waals surface area contributed by atoms with Gasteiger partial charge in [0.25, 0.3) is 0 Å². The third-order valence-electron chi connectivity index (χ3n) is 4.21. The van der Waals surface area contributed by atoms with E-state index in [4.69, 9.17) is 9.73 Å². The molecule has 0 unspecified atom stereocenters. The first-order valence-electron chi connectivity index (χ1n) is 8.55. The molecule has 0 spiro atoms. The second-order valence-electron chi connectivity index (χ2n) is 5.91. The molecule has 1 saturated carbocycles. The predicted molar refractivity (Wildman–Crippen MR) is 84.2 cm³/mol. The topological polar surface area (TPSA) is 36.9 Å². The summed E-state index contributed by atoms with van der Waals surface area (Å²) in [6.45, 7) is 7.15. The van der Waals surface area contributed by atoms with Crippen molar-refractivity contribution in [1.82, 2.24) is 10.2 Å². The third kappa shape index (κ3) is 5.31. The highest BCUT2D eigenvalue weighted by molar-refractivity contribution is 5.80. The summed E-state index contributed by atoms with van der Waals surface area (Å²) in [5, 5.41) is 3.40. The highest BCUT2D eigenvalue weighted by Gasteiger charge is 2.15. The average Bonchev–Trinajstić information content (AvgIpc) is 3.01. The predicted octanol–water partition coefficient (Wildman–Crippen LogP) is 2.79. The molecule has 0 amide bonds. The molecule has 2 aliphatic rings. The Kier molecular flexibility index (Phi) is 7.20. The second-order valence-corrected chi connectivity index (χ2v) is 5.91. The summed E-state index contributed by atoms with van der Waals surface area (Å²) < 4.78 is 5.95. The zero-order valence-corrected chi connectivity index (χ0v) is 13.1. The van der Waals surface area contributed by atoms with Gasteiger partial charge in [-0.05, 0) is 39.0 Å². The van der Waals surface area contributed by atoms with Gasteiger partial charge in [-0.1, -0.05) is 19.3 Å². The molecule has 0 radical (unpaired) electrons. The lowest BCUT2D eigenvalue weighted by Crippen LogP contribution is -2.39. The van der Waals surface area contributed by atoms with Gasteiger partial charge in [-0.25, -0.2) is 0 Å². The molecule has 0 atom stereocenters. The van der Waals surface area contributed by atoms with Crippen molar-refractivity contribution in [3.8, 4) is 0 Å². The minimum absolute atomic E-state index is 0.527. The minimum Gasteiger partial charge on any atom is -0.378 e. The Hall–Kier alpha value is -0.770. The summed E-state index contributed by atoms with van der Waals surface area (Å²) in [7, 11) is 0. The van der Waals surface area contributed by atoms with Gasteiger partial charge in [-0.2, -0.15) is 0 Å². The molecule has 4 heteroatoms. The van der Waals surface area contributed by atoms with Gasteiger partial charge >= 0.3 is 0 Å². The second kappa shape index (κ2) is 9.22. The van der Waals surface area contributed by atoms with E-state index in [-0.39, 0.29) is 0 Å². The number of nitrogens with zero attached hydrogens (tertiary/aromatic N) is 2. The van der Waals surface area contributed by atoms with Crippen molar-refractivity contribution in [2.45, 2.75) is 64.4 Å². The highest BCUT2D eigenvalue weighted by atomic mass is 16.5. The van der Waals surface area contributed by atoms with Crippen LogP contribution in [0, 0.1) is 0 Å². The number of likely N-dealkylation sites (tertiary alicyclic amines) is 1. The molecule has 2 rings (SSSR count). The quantitative estimate of drug-likeness (QED) is 0.462. The number of hydrogen-bond acceptors (Lipinski definition) is 2. The van der Waals surface area contributed by atoms with Crippen LogP contribution in [-0.4, -0.2) is 49.7 Å². The third-order valence-corrected chi connectivity index (χ3v) is 4.21. The molecule has 1 aliphatic carbocycles. The summed E-state index contributed by atoms with van der Waals surface area (Å²) in [6, 6.07) is 0. The fraction of sp³-hybridized carbons (Fsp3) is 0.938. The highest BCUT2D eigenvalue weighted by Crippen LogP contribution is 2.20. The fourth-order valence-corrected chi connectivity index (χ4v) is 3.09. The van der Waals surface area contributed by atoms with Crippen LogP contribution in [0.2, 0.25) is 0 Å². The molecular formula is C16H31N3O. The Morgan fingerprint density at radius 1 is 1.15 bits per heavy atom. The van der Waals surface area contributed by atoms with Gasteiger partial charge in [0, 0.05) is 32.8 Å². The zero-order valence-electron chi connectivity index (χ0n) is 13.1. The van der Waals surface area contributed by atoms with Crippen LogP contribution in [0.1, 0.15) is 58.3 Å². The SMILES string of the molecule is CCNC(=NCCCOC1CCCCC1)N1CCCC1. The Balaban J connectivity index is 1.62. The standard InChI is InChI=1S/C16H31N3O/c1-2-17-16(19-12-6-7-13-19)18-11-8-14-20-15-9-4-3-5-10-15/h15H,2-14H2,1H3,(H,17,18). The maximum atomic E-state index is 5.95. The molecule has 20 heavy (non-hydrogen) atoms. The summed E-state index contributed by atoms with van der Waals surface area (Å²) >= 11 is 0. The van der Waals surface area contributed by atoms with E-state index in [1.807, 2.05) is 0 Å². The fourth-order valence-electron chi connectivity index (χ4n) is 3.09. The normalized spacial score (nSPS) is 21.4. The van der Waals surface area contributed by atoms with Gasteiger partial charge < -0.3 is 15.0 Å². The van der Waals surface area contributed by atoms with Crippen LogP contribution in [0.4, 0.5) is 0 Å². The molecule has 0 aromatic carbocycles. The first-order valence-corrected chi connectivity index (χ1v) is 8.55. The van der Waals surface area contributed by atoms with E-state index in [1.54, 1.807) is 0 Å². The molecule has 2 fully saturated rings. The van der Waals surface area contributed by atoms with Crippen LogP contribution >= 0.6 is 0 Å². The lowest BCUT2D eigenvalue weighted by molar-refractivity contribution is 0.0281. The van der Waals surface area contributed by atoms with Crippen LogP contribution in [-0.2, 0) is 4.74 Å². The largest absolute Gasteiger partial charge is 0.378 e. The Bertz CT molecular complexity index is 281. The van der Waals surface area contributed by atoms with Gasteiger partial charge in [0.2, 0.25) is 0 Å². The Labute approximate surface area is 124 Å². The minimum atomic E-state index is 0.527. The van der Waals surface area contributed by atoms with Crippen LogP contribution in [0.25, 0.3) is 0 Å². The van der Waals surface area contributed by atoms with Gasteiger partial charge in [-0.3, -0.25) is 4.99 Å². The molecule has 1 aliphatic heterocycles. The maximum absolute atomic E-state index is 5.95. The summed E-state index contributed by atoms with van der Waals surface area (Å²) in [6.07, 6.45) is 10.8. The van der Waals surface area contributed by atoms with Gasteiger partial charge in [0.15, 0.2) is 5.96 Å². The van der Waals surface area contributed by atoms with Gasteiger partial charge in [-0.15, -0.1) is 0 Å². The summed E-state index contributed by atoms with van der Waals surface area (Å²) in [5.41, 5.74) is 0. The van der Waals surface area contributed by atoms with Crippen molar-refractivity contribution in [2.75, 3.05) is 32.8 Å². The summed E-state index contributed by atoms with van der Waals surface area (Å²) in [4.78, 5) is 7.11. The van der Waals surface area contributed by atoms with E-state index in [9.17, 15) is 0 Å². The molecule has 116 valence electrons. The first kappa shape index (κ1) is 15.6.